The molecule has 4 saturated carbocycles. The lowest BCUT2D eigenvalue weighted by Gasteiger charge is -2.56. The Kier molecular flexibility index (Phi) is 5.30. The highest BCUT2D eigenvalue weighted by atomic mass is 19.1. The first-order chi connectivity index (χ1) is 13.4. The Morgan fingerprint density at radius 2 is 1.79 bits per heavy atom. The molecule has 5 rings (SSSR count). The second-order valence-electron chi connectivity index (χ2n) is 8.99. The van der Waals surface area contributed by atoms with Crippen LogP contribution in [-0.4, -0.2) is 25.5 Å². The molecule has 1 N–H and O–H groups in total. The average molecular weight is 389 g/mol. The first-order valence-corrected chi connectivity index (χ1v) is 10.2. The van der Waals surface area contributed by atoms with Crippen LogP contribution in [-0.2, 0) is 20.9 Å². The number of rotatable bonds is 7. The van der Waals surface area contributed by atoms with Crippen molar-refractivity contribution >= 4 is 11.9 Å². The topological polar surface area (TPSA) is 64.6 Å². The monoisotopic (exact) mass is 389 g/mol. The third-order valence-corrected chi connectivity index (χ3v) is 6.76. The van der Waals surface area contributed by atoms with E-state index in [0.29, 0.717) is 17.7 Å². The summed E-state index contributed by atoms with van der Waals surface area (Å²) >= 11 is 0. The van der Waals surface area contributed by atoms with Gasteiger partial charge < -0.3 is 14.8 Å². The molecule has 6 heteroatoms. The molecule has 0 saturated heterocycles. The van der Waals surface area contributed by atoms with Crippen molar-refractivity contribution in [1.82, 2.24) is 5.32 Å². The molecule has 4 fully saturated rings. The van der Waals surface area contributed by atoms with E-state index in [1.54, 1.807) is 0 Å². The summed E-state index contributed by atoms with van der Waals surface area (Å²) in [7, 11) is 1.48. The zero-order valence-electron chi connectivity index (χ0n) is 16.3. The summed E-state index contributed by atoms with van der Waals surface area (Å²) in [5, 5.41) is 2.71. The highest BCUT2D eigenvalue weighted by Crippen LogP contribution is 2.61. The van der Waals surface area contributed by atoms with Crippen molar-refractivity contribution in [2.75, 3.05) is 13.7 Å². The molecule has 5 nitrogen and oxygen atoms in total. The van der Waals surface area contributed by atoms with E-state index in [2.05, 4.69) is 5.32 Å². The predicted molar refractivity (Wildman–Crippen MR) is 101 cm³/mol. The summed E-state index contributed by atoms with van der Waals surface area (Å²) in [5.74, 6) is 1.82. The van der Waals surface area contributed by atoms with Gasteiger partial charge in [-0.15, -0.1) is 0 Å². The van der Waals surface area contributed by atoms with Crippen molar-refractivity contribution in [3.8, 4) is 5.75 Å². The van der Waals surface area contributed by atoms with Gasteiger partial charge in [0.1, 0.15) is 24.7 Å². The second-order valence-corrected chi connectivity index (χ2v) is 8.99. The largest absolute Gasteiger partial charge is 0.496 e. The number of nitrogens with one attached hydrogen (secondary N) is 1. The fraction of sp³-hybridized carbons (Fsp3) is 0.636. The Balaban J connectivity index is 1.24. The second kappa shape index (κ2) is 7.72. The minimum Gasteiger partial charge on any atom is -0.496 e. The van der Waals surface area contributed by atoms with Crippen LogP contribution in [0.1, 0.15) is 50.5 Å². The van der Waals surface area contributed by atoms with Crippen LogP contribution in [0.3, 0.4) is 0 Å². The molecule has 4 bridgehead atoms. The average Bonchev–Trinajstić information content (AvgIpc) is 2.63. The van der Waals surface area contributed by atoms with E-state index in [4.69, 9.17) is 9.47 Å². The summed E-state index contributed by atoms with van der Waals surface area (Å²) < 4.78 is 23.7. The number of amides is 1. The third kappa shape index (κ3) is 4.15. The number of carbonyl (C=O) groups excluding carboxylic acids is 2. The van der Waals surface area contributed by atoms with Gasteiger partial charge in [-0.25, -0.2) is 4.39 Å². The van der Waals surface area contributed by atoms with Gasteiger partial charge in [0.05, 0.1) is 7.11 Å². The maximum atomic E-state index is 13.4. The molecule has 4 aliphatic carbocycles. The number of ether oxygens (including phenoxy) is 2. The van der Waals surface area contributed by atoms with Crippen LogP contribution in [0.4, 0.5) is 4.39 Å². The molecule has 0 aromatic heterocycles. The summed E-state index contributed by atoms with van der Waals surface area (Å²) in [4.78, 5) is 24.5. The zero-order chi connectivity index (χ0) is 19.7. The number of carbonyl (C=O) groups is 2. The minimum absolute atomic E-state index is 0.0674. The molecule has 0 heterocycles. The third-order valence-electron chi connectivity index (χ3n) is 6.76. The molecule has 1 amide bonds. The molecular formula is C22H28FNO4. The molecule has 4 aliphatic rings. The van der Waals surface area contributed by atoms with Crippen molar-refractivity contribution < 1.29 is 23.5 Å². The standard InChI is InChI=1S/C22H28FNO4/c1-27-19-3-2-18(23)7-17(19)13-28-21(26)12-24-20(25)11-22-8-14-4-15(9-22)6-16(5-14)10-22/h2-3,7,14-16H,4-6,8-13H2,1H3,(H,24,25). The van der Waals surface area contributed by atoms with Crippen LogP contribution >= 0.6 is 0 Å². The van der Waals surface area contributed by atoms with E-state index in [1.807, 2.05) is 0 Å². The molecule has 0 unspecified atom stereocenters. The van der Waals surface area contributed by atoms with Crippen LogP contribution in [0.25, 0.3) is 0 Å². The van der Waals surface area contributed by atoms with Gasteiger partial charge in [-0.2, -0.15) is 0 Å². The van der Waals surface area contributed by atoms with Crippen LogP contribution in [0.5, 0.6) is 5.75 Å². The quantitative estimate of drug-likeness (QED) is 0.724. The van der Waals surface area contributed by atoms with Crippen LogP contribution < -0.4 is 10.1 Å². The fourth-order valence-corrected chi connectivity index (χ4v) is 6.15. The summed E-state index contributed by atoms with van der Waals surface area (Å²) in [5.41, 5.74) is 0.605. The van der Waals surface area contributed by atoms with Crippen LogP contribution in [0.15, 0.2) is 18.2 Å². The van der Waals surface area contributed by atoms with Gasteiger partial charge in [0.25, 0.3) is 0 Å². The summed E-state index contributed by atoms with van der Waals surface area (Å²) in [6.45, 7) is -0.257. The van der Waals surface area contributed by atoms with Crippen molar-refractivity contribution in [2.24, 2.45) is 23.2 Å². The molecule has 1 aromatic carbocycles. The fourth-order valence-electron chi connectivity index (χ4n) is 6.15. The van der Waals surface area contributed by atoms with Crippen molar-refractivity contribution in [3.05, 3.63) is 29.6 Å². The molecule has 0 spiro atoms. The lowest BCUT2D eigenvalue weighted by molar-refractivity contribution is -0.146. The number of benzene rings is 1. The van der Waals surface area contributed by atoms with Crippen molar-refractivity contribution in [2.45, 2.75) is 51.6 Å². The SMILES string of the molecule is COc1ccc(F)cc1COC(=O)CNC(=O)CC12CC3CC(CC(C3)C1)C2. The van der Waals surface area contributed by atoms with Gasteiger partial charge in [0.15, 0.2) is 0 Å². The number of methoxy groups -OCH3 is 1. The van der Waals surface area contributed by atoms with Gasteiger partial charge in [-0.3, -0.25) is 9.59 Å². The van der Waals surface area contributed by atoms with E-state index < -0.39 is 11.8 Å². The Hall–Kier alpha value is -2.11. The first kappa shape index (κ1) is 19.2. The highest BCUT2D eigenvalue weighted by molar-refractivity contribution is 5.82. The Labute approximate surface area is 165 Å². The molecule has 0 aliphatic heterocycles. The smallest absolute Gasteiger partial charge is 0.325 e. The lowest BCUT2D eigenvalue weighted by atomic mass is 9.49. The van der Waals surface area contributed by atoms with Gasteiger partial charge in [-0.05, 0) is 79.9 Å². The molecule has 1 aromatic rings. The van der Waals surface area contributed by atoms with E-state index in [0.717, 1.165) is 37.0 Å². The Morgan fingerprint density at radius 1 is 1.14 bits per heavy atom. The van der Waals surface area contributed by atoms with Gasteiger partial charge in [-0.1, -0.05) is 0 Å². The first-order valence-electron chi connectivity index (χ1n) is 10.2. The molecule has 0 radical (unpaired) electrons. The minimum atomic E-state index is -0.537. The predicted octanol–water partition coefficient (Wildman–Crippen LogP) is 3.60. The number of halogens is 1. The highest BCUT2D eigenvalue weighted by Gasteiger charge is 2.51. The van der Waals surface area contributed by atoms with E-state index >= 15 is 0 Å². The van der Waals surface area contributed by atoms with Gasteiger partial charge in [0.2, 0.25) is 5.91 Å². The van der Waals surface area contributed by atoms with Crippen molar-refractivity contribution in [1.29, 1.82) is 0 Å². The number of esters is 1. The number of hydrogen-bond donors (Lipinski definition) is 1. The van der Waals surface area contributed by atoms with Gasteiger partial charge >= 0.3 is 5.97 Å². The zero-order valence-corrected chi connectivity index (χ0v) is 16.3. The molecule has 0 atom stereocenters. The van der Waals surface area contributed by atoms with Crippen LogP contribution in [0, 0.1) is 29.0 Å². The maximum absolute atomic E-state index is 13.4. The number of hydrogen-bond acceptors (Lipinski definition) is 4. The van der Waals surface area contributed by atoms with E-state index in [-0.39, 0.29) is 24.5 Å². The Bertz CT molecular complexity index is 728. The summed E-state index contributed by atoms with van der Waals surface area (Å²) in [6.07, 6.45) is 8.04. The molecule has 28 heavy (non-hydrogen) atoms. The molecule has 152 valence electrons. The van der Waals surface area contributed by atoms with E-state index in [9.17, 15) is 14.0 Å². The lowest BCUT2D eigenvalue weighted by Crippen LogP contribution is -2.48. The van der Waals surface area contributed by atoms with E-state index in [1.165, 1.54) is 44.6 Å². The Morgan fingerprint density at radius 3 is 2.39 bits per heavy atom. The summed E-state index contributed by atoms with van der Waals surface area (Å²) in [6, 6.07) is 4.05. The molecular weight excluding hydrogens is 361 g/mol. The van der Waals surface area contributed by atoms with Crippen LogP contribution in [0.2, 0.25) is 0 Å². The normalized spacial score (nSPS) is 30.1. The maximum Gasteiger partial charge on any atom is 0.325 e. The van der Waals surface area contributed by atoms with Gasteiger partial charge in [0, 0.05) is 12.0 Å². The van der Waals surface area contributed by atoms with Crippen molar-refractivity contribution in [3.63, 3.8) is 0 Å².